The molecule has 0 aromatic heterocycles. The summed E-state index contributed by atoms with van der Waals surface area (Å²) in [5.74, 6) is 0. The third kappa shape index (κ3) is 1.82. The van der Waals surface area contributed by atoms with Gasteiger partial charge < -0.3 is 0 Å². The summed E-state index contributed by atoms with van der Waals surface area (Å²) in [4.78, 5) is 0. The van der Waals surface area contributed by atoms with Gasteiger partial charge in [0.05, 0.1) is 0 Å². The smallest absolute Gasteiger partial charge is 0.00530 e. The van der Waals surface area contributed by atoms with Crippen molar-refractivity contribution in [2.24, 2.45) is 0 Å². The van der Waals surface area contributed by atoms with Crippen LogP contribution in [-0.4, -0.2) is 0 Å². The lowest BCUT2D eigenvalue weighted by atomic mass is 9.93. The van der Waals surface area contributed by atoms with Gasteiger partial charge in [-0.1, -0.05) is 76.6 Å². The van der Waals surface area contributed by atoms with Crippen molar-refractivity contribution < 1.29 is 0 Å². The van der Waals surface area contributed by atoms with Crippen LogP contribution < -0.4 is 0 Å². The summed E-state index contributed by atoms with van der Waals surface area (Å²) in [7, 11) is 0. The van der Waals surface area contributed by atoms with E-state index in [2.05, 4.69) is 82.7 Å². The first-order chi connectivity index (χ1) is 9.83. The highest BCUT2D eigenvalue weighted by molar-refractivity contribution is 9.11. The van der Waals surface area contributed by atoms with Crippen LogP contribution in [0.15, 0.2) is 65.1 Å². The molecule has 0 aliphatic heterocycles. The van der Waals surface area contributed by atoms with E-state index in [1.54, 1.807) is 0 Å². The van der Waals surface area contributed by atoms with E-state index in [4.69, 9.17) is 0 Å². The lowest BCUT2D eigenvalue weighted by Crippen LogP contribution is -1.90. The molecule has 3 aromatic carbocycles. The van der Waals surface area contributed by atoms with Gasteiger partial charge in [-0.25, -0.2) is 0 Å². The molecule has 0 saturated carbocycles. The van der Waals surface area contributed by atoms with Gasteiger partial charge in [-0.3, -0.25) is 0 Å². The van der Waals surface area contributed by atoms with Gasteiger partial charge >= 0.3 is 0 Å². The molecule has 0 heterocycles. The van der Waals surface area contributed by atoms with Crippen molar-refractivity contribution in [2.45, 2.75) is 6.42 Å². The van der Waals surface area contributed by atoms with E-state index in [1.807, 2.05) is 0 Å². The molecule has 96 valence electrons. The normalized spacial score (nSPS) is 13.3. The maximum Gasteiger partial charge on any atom is 0.00530 e. The molecule has 1 aliphatic rings. The summed E-state index contributed by atoms with van der Waals surface area (Å²) in [6, 6.07) is 21.7. The SMILES string of the molecule is BrC1=Cc2cccc(-c3cccc4ccccc34)c2C1. The van der Waals surface area contributed by atoms with Crippen LogP contribution in [0.5, 0.6) is 0 Å². The van der Waals surface area contributed by atoms with Crippen molar-refractivity contribution in [1.82, 2.24) is 0 Å². The average Bonchev–Trinajstić information content (AvgIpc) is 2.87. The van der Waals surface area contributed by atoms with Crippen molar-refractivity contribution >= 4 is 32.8 Å². The van der Waals surface area contributed by atoms with Crippen molar-refractivity contribution in [1.29, 1.82) is 0 Å². The van der Waals surface area contributed by atoms with Gasteiger partial charge in [-0.05, 0) is 39.1 Å². The van der Waals surface area contributed by atoms with Gasteiger partial charge in [0.25, 0.3) is 0 Å². The second kappa shape index (κ2) is 4.60. The number of halogens is 1. The Morgan fingerprint density at radius 2 is 1.50 bits per heavy atom. The summed E-state index contributed by atoms with van der Waals surface area (Å²) >= 11 is 3.64. The Morgan fingerprint density at radius 3 is 2.45 bits per heavy atom. The first-order valence-corrected chi connectivity index (χ1v) is 7.58. The quantitative estimate of drug-likeness (QED) is 0.531. The molecule has 0 fully saturated rings. The number of rotatable bonds is 1. The predicted octanol–water partition coefficient (Wildman–Crippen LogP) is 5.80. The Kier molecular flexibility index (Phi) is 2.75. The Bertz CT molecular complexity index is 838. The lowest BCUT2D eigenvalue weighted by molar-refractivity contribution is 1.30. The molecule has 0 saturated heterocycles. The fourth-order valence-corrected chi connectivity index (χ4v) is 3.57. The fraction of sp³-hybridized carbons (Fsp3) is 0.0526. The molecular formula is C19H13Br. The van der Waals surface area contributed by atoms with E-state index in [0.29, 0.717) is 0 Å². The largest absolute Gasteiger partial charge is 0.0616 e. The summed E-state index contributed by atoms with van der Waals surface area (Å²) < 4.78 is 1.26. The van der Waals surface area contributed by atoms with E-state index in [-0.39, 0.29) is 0 Å². The van der Waals surface area contributed by atoms with Crippen LogP contribution in [0.1, 0.15) is 11.1 Å². The topological polar surface area (TPSA) is 0 Å². The zero-order chi connectivity index (χ0) is 13.5. The minimum Gasteiger partial charge on any atom is -0.0616 e. The third-order valence-electron chi connectivity index (χ3n) is 3.95. The molecule has 0 spiro atoms. The average molecular weight is 321 g/mol. The van der Waals surface area contributed by atoms with E-state index >= 15 is 0 Å². The highest BCUT2D eigenvalue weighted by atomic mass is 79.9. The molecule has 0 amide bonds. The number of fused-ring (bicyclic) bond motifs is 2. The molecule has 20 heavy (non-hydrogen) atoms. The highest BCUT2D eigenvalue weighted by Gasteiger charge is 2.16. The molecule has 0 nitrogen and oxygen atoms in total. The van der Waals surface area contributed by atoms with Crippen LogP contribution in [0, 0.1) is 0 Å². The Hall–Kier alpha value is -1.86. The van der Waals surface area contributed by atoms with Crippen LogP contribution in [0.25, 0.3) is 28.0 Å². The van der Waals surface area contributed by atoms with Crippen LogP contribution in [-0.2, 0) is 6.42 Å². The predicted molar refractivity (Wildman–Crippen MR) is 90.0 cm³/mol. The van der Waals surface area contributed by atoms with Crippen molar-refractivity contribution in [3.8, 4) is 11.1 Å². The van der Waals surface area contributed by atoms with Crippen LogP contribution in [0.2, 0.25) is 0 Å². The molecule has 0 N–H and O–H groups in total. The van der Waals surface area contributed by atoms with Gasteiger partial charge in [0.2, 0.25) is 0 Å². The molecule has 0 bridgehead atoms. The number of allylic oxidation sites excluding steroid dienone is 1. The highest BCUT2D eigenvalue weighted by Crippen LogP contribution is 2.38. The number of hydrogen-bond donors (Lipinski definition) is 0. The number of hydrogen-bond acceptors (Lipinski definition) is 0. The monoisotopic (exact) mass is 320 g/mol. The van der Waals surface area contributed by atoms with Crippen LogP contribution >= 0.6 is 15.9 Å². The summed E-state index contributed by atoms with van der Waals surface area (Å²) in [5.41, 5.74) is 5.44. The molecule has 3 aromatic rings. The zero-order valence-electron chi connectivity index (χ0n) is 10.9. The Balaban J connectivity index is 2.01. The maximum absolute atomic E-state index is 3.64. The van der Waals surface area contributed by atoms with Gasteiger partial charge in [0, 0.05) is 10.9 Å². The van der Waals surface area contributed by atoms with Crippen LogP contribution in [0.4, 0.5) is 0 Å². The van der Waals surface area contributed by atoms with Gasteiger partial charge in [-0.15, -0.1) is 0 Å². The van der Waals surface area contributed by atoms with E-state index < -0.39 is 0 Å². The van der Waals surface area contributed by atoms with E-state index in [9.17, 15) is 0 Å². The molecule has 1 heteroatoms. The second-order valence-corrected chi connectivity index (χ2v) is 6.19. The minimum atomic E-state index is 0.995. The van der Waals surface area contributed by atoms with E-state index in [0.717, 1.165) is 6.42 Å². The molecule has 0 atom stereocenters. The zero-order valence-corrected chi connectivity index (χ0v) is 12.5. The molecule has 1 aliphatic carbocycles. The van der Waals surface area contributed by atoms with E-state index in [1.165, 1.54) is 37.5 Å². The first kappa shape index (κ1) is 11.9. The summed E-state index contributed by atoms with van der Waals surface area (Å²) in [6.07, 6.45) is 3.22. The number of benzene rings is 3. The molecule has 4 rings (SSSR count). The fourth-order valence-electron chi connectivity index (χ4n) is 3.04. The Labute approximate surface area is 126 Å². The molecular weight excluding hydrogens is 308 g/mol. The Morgan fingerprint density at radius 1 is 0.750 bits per heavy atom. The standard InChI is InChI=1S/C19H13Br/c20-15-11-14-7-4-10-18(19(14)12-15)17-9-3-6-13-5-1-2-8-16(13)17/h1-11H,12H2. The molecule has 0 unspecified atom stereocenters. The van der Waals surface area contributed by atoms with Gasteiger partial charge in [0.1, 0.15) is 0 Å². The first-order valence-electron chi connectivity index (χ1n) is 6.79. The van der Waals surface area contributed by atoms with Gasteiger partial charge in [-0.2, -0.15) is 0 Å². The lowest BCUT2D eigenvalue weighted by Gasteiger charge is -2.11. The maximum atomic E-state index is 3.64. The van der Waals surface area contributed by atoms with Crippen molar-refractivity contribution in [3.05, 3.63) is 76.3 Å². The van der Waals surface area contributed by atoms with Crippen LogP contribution in [0.3, 0.4) is 0 Å². The van der Waals surface area contributed by atoms with Crippen molar-refractivity contribution in [3.63, 3.8) is 0 Å². The summed E-state index contributed by atoms with van der Waals surface area (Å²) in [5, 5.41) is 2.62. The molecule has 0 radical (unpaired) electrons. The van der Waals surface area contributed by atoms with Crippen molar-refractivity contribution in [2.75, 3.05) is 0 Å². The van der Waals surface area contributed by atoms with Gasteiger partial charge in [0.15, 0.2) is 0 Å². The minimum absolute atomic E-state index is 0.995. The second-order valence-electron chi connectivity index (χ2n) is 5.17. The summed E-state index contributed by atoms with van der Waals surface area (Å²) in [6.45, 7) is 0. The third-order valence-corrected chi connectivity index (χ3v) is 4.46.